The first-order valence-electron chi connectivity index (χ1n) is 11.4. The highest BCUT2D eigenvalue weighted by Gasteiger charge is 2.34. The van der Waals surface area contributed by atoms with Crippen molar-refractivity contribution in [1.82, 2.24) is 9.80 Å². The summed E-state index contributed by atoms with van der Waals surface area (Å²) in [7, 11) is 1.68. The van der Waals surface area contributed by atoms with Crippen molar-refractivity contribution in [3.8, 4) is 11.5 Å². The van der Waals surface area contributed by atoms with E-state index in [0.717, 1.165) is 24.4 Å². The van der Waals surface area contributed by atoms with Crippen molar-refractivity contribution in [2.45, 2.75) is 44.6 Å². The van der Waals surface area contributed by atoms with Crippen LogP contribution in [0, 0.1) is 5.92 Å². The normalized spacial score (nSPS) is 23.9. The van der Waals surface area contributed by atoms with Crippen molar-refractivity contribution in [3.63, 3.8) is 0 Å². The zero-order valence-electron chi connectivity index (χ0n) is 18.1. The number of carbonyl (C=O) groups is 1. The van der Waals surface area contributed by atoms with Crippen LogP contribution in [0.1, 0.15) is 38.5 Å². The summed E-state index contributed by atoms with van der Waals surface area (Å²) in [6.07, 6.45) is 7.15. The van der Waals surface area contributed by atoms with Crippen LogP contribution < -0.4 is 14.8 Å². The molecule has 0 aromatic heterocycles. The molecule has 1 aromatic carbocycles. The molecule has 2 amide bonds. The Morgan fingerprint density at radius 1 is 1.13 bits per heavy atom. The number of hydrogen-bond acceptors (Lipinski definition) is 5. The monoisotopic (exact) mass is 417 g/mol. The van der Waals surface area contributed by atoms with E-state index >= 15 is 0 Å². The number of carbonyl (C=O) groups excluding carboxylic acids is 1. The minimum atomic E-state index is -0.0746. The molecule has 1 aromatic rings. The lowest BCUT2D eigenvalue weighted by Crippen LogP contribution is -2.52. The summed E-state index contributed by atoms with van der Waals surface area (Å²) in [5, 5.41) is 3.07. The molecule has 0 radical (unpaired) electrons. The molecule has 166 valence electrons. The van der Waals surface area contributed by atoms with Crippen molar-refractivity contribution in [2.24, 2.45) is 5.92 Å². The maximum absolute atomic E-state index is 13.2. The fraction of sp³-hybridized carbons (Fsp3) is 0.696. The van der Waals surface area contributed by atoms with E-state index < -0.39 is 0 Å². The van der Waals surface area contributed by atoms with Crippen LogP contribution >= 0.6 is 0 Å². The van der Waals surface area contributed by atoms with E-state index in [0.29, 0.717) is 44.1 Å². The second-order valence-corrected chi connectivity index (χ2v) is 8.58. The van der Waals surface area contributed by atoms with Crippen LogP contribution in [0.2, 0.25) is 0 Å². The van der Waals surface area contributed by atoms with E-state index in [1.54, 1.807) is 7.11 Å². The molecule has 3 aliphatic heterocycles. The SMILES string of the molecule is COCCN(CC1CCCN2CCCCC12)C(=O)Nc1ccc2c(c1)OCCCO2. The summed E-state index contributed by atoms with van der Waals surface area (Å²) in [4.78, 5) is 17.7. The van der Waals surface area contributed by atoms with Crippen LogP contribution in [-0.4, -0.2) is 75.0 Å². The van der Waals surface area contributed by atoms with Gasteiger partial charge in [-0.15, -0.1) is 0 Å². The van der Waals surface area contributed by atoms with Crippen LogP contribution in [0.25, 0.3) is 0 Å². The molecular weight excluding hydrogens is 382 g/mol. The topological polar surface area (TPSA) is 63.3 Å². The first kappa shape index (κ1) is 21.2. The number of rotatable bonds is 6. The summed E-state index contributed by atoms with van der Waals surface area (Å²) in [6, 6.07) is 6.15. The largest absolute Gasteiger partial charge is 0.490 e. The van der Waals surface area contributed by atoms with Crippen molar-refractivity contribution >= 4 is 11.7 Å². The van der Waals surface area contributed by atoms with Crippen molar-refractivity contribution in [2.75, 3.05) is 58.4 Å². The second-order valence-electron chi connectivity index (χ2n) is 8.58. The fourth-order valence-corrected chi connectivity index (χ4v) is 4.99. The van der Waals surface area contributed by atoms with Gasteiger partial charge in [0.05, 0.1) is 19.8 Å². The molecule has 7 nitrogen and oxygen atoms in total. The fourth-order valence-electron chi connectivity index (χ4n) is 4.99. The predicted molar refractivity (Wildman–Crippen MR) is 116 cm³/mol. The smallest absolute Gasteiger partial charge is 0.321 e. The number of piperidine rings is 2. The molecule has 2 unspecified atom stereocenters. The Kier molecular flexibility index (Phi) is 7.33. The maximum atomic E-state index is 13.2. The average Bonchev–Trinajstić information content (AvgIpc) is 3.01. The second kappa shape index (κ2) is 10.4. The first-order chi connectivity index (χ1) is 14.7. The van der Waals surface area contributed by atoms with Gasteiger partial charge in [-0.2, -0.15) is 0 Å². The highest BCUT2D eigenvalue weighted by molar-refractivity contribution is 5.89. The molecule has 4 rings (SSSR count). The molecule has 2 fully saturated rings. The number of ether oxygens (including phenoxy) is 3. The molecule has 30 heavy (non-hydrogen) atoms. The van der Waals surface area contributed by atoms with Gasteiger partial charge in [0.15, 0.2) is 11.5 Å². The van der Waals surface area contributed by atoms with Crippen molar-refractivity contribution in [1.29, 1.82) is 0 Å². The van der Waals surface area contributed by atoms with Crippen LogP contribution in [-0.2, 0) is 4.74 Å². The number of anilines is 1. The third kappa shape index (κ3) is 5.19. The summed E-state index contributed by atoms with van der Waals surface area (Å²) in [6.45, 7) is 5.62. The van der Waals surface area contributed by atoms with Gasteiger partial charge in [0.25, 0.3) is 0 Å². The average molecular weight is 418 g/mol. The first-order valence-corrected chi connectivity index (χ1v) is 11.4. The highest BCUT2D eigenvalue weighted by Crippen LogP contribution is 2.33. The molecule has 0 spiro atoms. The van der Waals surface area contributed by atoms with Gasteiger partial charge >= 0.3 is 6.03 Å². The Hall–Kier alpha value is -1.99. The minimum absolute atomic E-state index is 0.0746. The minimum Gasteiger partial charge on any atom is -0.490 e. The molecule has 0 saturated carbocycles. The van der Waals surface area contributed by atoms with Crippen molar-refractivity contribution in [3.05, 3.63) is 18.2 Å². The molecule has 3 heterocycles. The van der Waals surface area contributed by atoms with Gasteiger partial charge in [-0.3, -0.25) is 0 Å². The molecule has 2 atom stereocenters. The van der Waals surface area contributed by atoms with Gasteiger partial charge < -0.3 is 29.3 Å². The summed E-state index contributed by atoms with van der Waals surface area (Å²) in [5.74, 6) is 1.96. The van der Waals surface area contributed by atoms with Crippen molar-refractivity contribution < 1.29 is 19.0 Å². The van der Waals surface area contributed by atoms with Gasteiger partial charge in [0, 0.05) is 44.4 Å². The van der Waals surface area contributed by atoms with E-state index in [1.807, 2.05) is 23.1 Å². The summed E-state index contributed by atoms with van der Waals surface area (Å²) >= 11 is 0. The van der Waals surface area contributed by atoms with E-state index in [2.05, 4.69) is 10.2 Å². The number of fused-ring (bicyclic) bond motifs is 2. The Labute approximate surface area is 179 Å². The number of nitrogens with one attached hydrogen (secondary N) is 1. The van der Waals surface area contributed by atoms with E-state index in [1.165, 1.54) is 45.2 Å². The molecule has 1 N–H and O–H groups in total. The van der Waals surface area contributed by atoms with Crippen LogP contribution in [0.3, 0.4) is 0 Å². The highest BCUT2D eigenvalue weighted by atomic mass is 16.5. The lowest BCUT2D eigenvalue weighted by Gasteiger charge is -2.45. The third-order valence-corrected chi connectivity index (χ3v) is 6.53. The molecule has 7 heteroatoms. The molecular formula is C23H35N3O4. The van der Waals surface area contributed by atoms with Gasteiger partial charge in [0.2, 0.25) is 0 Å². The molecule has 2 saturated heterocycles. The van der Waals surface area contributed by atoms with E-state index in [4.69, 9.17) is 14.2 Å². The number of urea groups is 1. The maximum Gasteiger partial charge on any atom is 0.321 e. The number of hydrogen-bond donors (Lipinski definition) is 1. The number of amides is 2. The molecule has 0 aliphatic carbocycles. The molecule has 0 bridgehead atoms. The number of benzene rings is 1. The number of nitrogens with zero attached hydrogens (tertiary/aromatic N) is 2. The van der Waals surface area contributed by atoms with Gasteiger partial charge in [0.1, 0.15) is 0 Å². The molecule has 3 aliphatic rings. The third-order valence-electron chi connectivity index (χ3n) is 6.53. The standard InChI is InChI=1S/C23H35N3O4/c1-28-15-12-26(17-18-6-4-11-25-10-3-2-7-20(18)25)23(27)24-19-8-9-21-22(16-19)30-14-5-13-29-21/h8-9,16,18,20H,2-7,10-15,17H2,1H3,(H,24,27). The Morgan fingerprint density at radius 2 is 1.97 bits per heavy atom. The van der Waals surface area contributed by atoms with E-state index in [9.17, 15) is 4.79 Å². The van der Waals surface area contributed by atoms with Gasteiger partial charge in [-0.05, 0) is 56.8 Å². The zero-order valence-corrected chi connectivity index (χ0v) is 18.1. The quantitative estimate of drug-likeness (QED) is 0.766. The van der Waals surface area contributed by atoms with E-state index in [-0.39, 0.29) is 6.03 Å². The van der Waals surface area contributed by atoms with Gasteiger partial charge in [-0.25, -0.2) is 4.79 Å². The number of methoxy groups -OCH3 is 1. The Bertz CT molecular complexity index is 712. The lowest BCUT2D eigenvalue weighted by atomic mass is 9.83. The zero-order chi connectivity index (χ0) is 20.8. The summed E-state index contributed by atoms with van der Waals surface area (Å²) < 4.78 is 16.7. The Balaban J connectivity index is 1.42. The Morgan fingerprint density at radius 3 is 2.83 bits per heavy atom. The summed E-state index contributed by atoms with van der Waals surface area (Å²) in [5.41, 5.74) is 0.731. The predicted octanol–water partition coefficient (Wildman–Crippen LogP) is 3.59. The lowest BCUT2D eigenvalue weighted by molar-refractivity contribution is 0.0433. The van der Waals surface area contributed by atoms with Crippen LogP contribution in [0.15, 0.2) is 18.2 Å². The van der Waals surface area contributed by atoms with Gasteiger partial charge in [-0.1, -0.05) is 6.42 Å². The van der Waals surface area contributed by atoms with Crippen LogP contribution in [0.4, 0.5) is 10.5 Å². The van der Waals surface area contributed by atoms with Crippen LogP contribution in [0.5, 0.6) is 11.5 Å².